The van der Waals surface area contributed by atoms with Gasteiger partial charge in [0.15, 0.2) is 5.82 Å². The van der Waals surface area contributed by atoms with E-state index in [1.807, 2.05) is 36.4 Å². The number of rotatable bonds is 2. The summed E-state index contributed by atoms with van der Waals surface area (Å²) in [5, 5.41) is 9.17. The molecule has 0 saturated heterocycles. The molecule has 2 aromatic carbocycles. The van der Waals surface area contributed by atoms with Gasteiger partial charge >= 0.3 is 0 Å². The number of thiazole rings is 1. The highest BCUT2D eigenvalue weighted by Crippen LogP contribution is 2.23. The lowest BCUT2D eigenvalue weighted by atomic mass is 10.2. The van der Waals surface area contributed by atoms with Gasteiger partial charge in [-0.1, -0.05) is 70.9 Å². The highest BCUT2D eigenvalue weighted by atomic mass is 35.5. The van der Waals surface area contributed by atoms with Gasteiger partial charge in [0.2, 0.25) is 4.96 Å². The van der Waals surface area contributed by atoms with Crippen LogP contribution in [0.5, 0.6) is 0 Å². The smallest absolute Gasteiger partial charge is 0.267 e. The largest absolute Gasteiger partial charge is 0.276 e. The molecule has 0 atom stereocenters. The van der Waals surface area contributed by atoms with Crippen molar-refractivity contribution in [3.05, 3.63) is 79.0 Å². The van der Waals surface area contributed by atoms with Crippen LogP contribution in [0.4, 0.5) is 0 Å². The molecule has 0 bridgehead atoms. The van der Waals surface area contributed by atoms with Crippen molar-refractivity contribution in [3.63, 3.8) is 0 Å². The van der Waals surface area contributed by atoms with Crippen LogP contribution in [0, 0.1) is 0 Å². The number of hydrogen-bond acceptors (Lipinski definition) is 4. The summed E-state index contributed by atoms with van der Waals surface area (Å²) in [6.07, 6.45) is 1.78. The Labute approximate surface area is 150 Å². The third kappa shape index (κ3) is 2.60. The molecule has 4 rings (SSSR count). The van der Waals surface area contributed by atoms with E-state index < -0.39 is 0 Å². The standard InChI is InChI=1S/C17H9Cl2N3OS/c18-12-7-6-10(8-13(12)19)9-14-16(23)22-15(20-21-17(22)24-14)11-4-2-1-3-5-11/h1-9H/b14-9+. The highest BCUT2D eigenvalue weighted by molar-refractivity contribution is 7.15. The zero-order valence-corrected chi connectivity index (χ0v) is 14.4. The summed E-state index contributed by atoms with van der Waals surface area (Å²) >= 11 is 13.2. The molecule has 2 aromatic heterocycles. The van der Waals surface area contributed by atoms with Crippen LogP contribution in [0.1, 0.15) is 5.56 Å². The molecule has 24 heavy (non-hydrogen) atoms. The molecule has 4 aromatic rings. The number of benzene rings is 2. The van der Waals surface area contributed by atoms with Gasteiger partial charge in [-0.15, -0.1) is 10.2 Å². The van der Waals surface area contributed by atoms with Crippen molar-refractivity contribution < 1.29 is 0 Å². The molecule has 0 saturated carbocycles. The zero-order chi connectivity index (χ0) is 16.7. The minimum Gasteiger partial charge on any atom is -0.267 e. The predicted molar refractivity (Wildman–Crippen MR) is 97.8 cm³/mol. The van der Waals surface area contributed by atoms with E-state index in [0.29, 0.717) is 25.4 Å². The van der Waals surface area contributed by atoms with Crippen molar-refractivity contribution in [2.75, 3.05) is 0 Å². The molecule has 0 radical (unpaired) electrons. The van der Waals surface area contributed by atoms with Crippen LogP contribution < -0.4 is 10.1 Å². The monoisotopic (exact) mass is 373 g/mol. The Morgan fingerprint density at radius 3 is 2.54 bits per heavy atom. The quantitative estimate of drug-likeness (QED) is 0.538. The van der Waals surface area contributed by atoms with Crippen LogP contribution in [-0.2, 0) is 0 Å². The maximum Gasteiger partial charge on any atom is 0.276 e. The second-order valence-electron chi connectivity index (χ2n) is 5.10. The fourth-order valence-corrected chi connectivity index (χ4v) is 3.61. The Hall–Kier alpha value is -2.21. The van der Waals surface area contributed by atoms with Gasteiger partial charge in [0.1, 0.15) is 0 Å². The summed E-state index contributed by atoms with van der Waals surface area (Å²) in [5.74, 6) is 0.542. The van der Waals surface area contributed by atoms with Crippen molar-refractivity contribution in [1.29, 1.82) is 0 Å². The Balaban J connectivity index is 1.91. The molecular formula is C17H9Cl2N3OS. The normalized spacial score (nSPS) is 12.2. The van der Waals surface area contributed by atoms with E-state index in [-0.39, 0.29) is 5.56 Å². The molecule has 0 aliphatic carbocycles. The fraction of sp³-hybridized carbons (Fsp3) is 0. The number of hydrogen-bond donors (Lipinski definition) is 0. The van der Waals surface area contributed by atoms with Gasteiger partial charge in [0.25, 0.3) is 5.56 Å². The molecule has 0 aliphatic rings. The molecule has 0 amide bonds. The predicted octanol–water partition coefficient (Wildman–Crippen LogP) is 3.67. The summed E-state index contributed by atoms with van der Waals surface area (Å²) in [6, 6.07) is 14.7. The van der Waals surface area contributed by atoms with Gasteiger partial charge in [-0.2, -0.15) is 0 Å². The van der Waals surface area contributed by atoms with Crippen molar-refractivity contribution in [3.8, 4) is 11.4 Å². The van der Waals surface area contributed by atoms with Crippen molar-refractivity contribution in [1.82, 2.24) is 14.6 Å². The molecule has 0 fully saturated rings. The maximum atomic E-state index is 12.7. The molecule has 7 heteroatoms. The second-order valence-corrected chi connectivity index (χ2v) is 6.92. The van der Waals surface area contributed by atoms with E-state index >= 15 is 0 Å². The SMILES string of the molecule is O=c1/c(=C\c2ccc(Cl)c(Cl)c2)sc2nnc(-c3ccccc3)n12. The van der Waals surface area contributed by atoms with Crippen LogP contribution in [0.3, 0.4) is 0 Å². The first-order valence-corrected chi connectivity index (χ1v) is 8.61. The molecular weight excluding hydrogens is 365 g/mol. The summed E-state index contributed by atoms with van der Waals surface area (Å²) in [6.45, 7) is 0. The molecule has 0 aliphatic heterocycles. The molecule has 0 unspecified atom stereocenters. The lowest BCUT2D eigenvalue weighted by Gasteiger charge is -1.96. The summed E-state index contributed by atoms with van der Waals surface area (Å²) in [5.41, 5.74) is 1.51. The average molecular weight is 374 g/mol. The minimum atomic E-state index is -0.148. The van der Waals surface area contributed by atoms with Gasteiger partial charge in [-0.3, -0.25) is 4.79 Å². The number of fused-ring (bicyclic) bond motifs is 1. The van der Waals surface area contributed by atoms with Crippen LogP contribution in [-0.4, -0.2) is 14.6 Å². The summed E-state index contributed by atoms with van der Waals surface area (Å²) in [7, 11) is 0. The average Bonchev–Trinajstić information content (AvgIpc) is 3.13. The Morgan fingerprint density at radius 1 is 1.00 bits per heavy atom. The highest BCUT2D eigenvalue weighted by Gasteiger charge is 2.13. The Bertz CT molecular complexity index is 1150. The maximum absolute atomic E-state index is 12.7. The second kappa shape index (κ2) is 6.02. The minimum absolute atomic E-state index is 0.148. The lowest BCUT2D eigenvalue weighted by molar-refractivity contribution is 1.09. The van der Waals surface area contributed by atoms with E-state index in [2.05, 4.69) is 10.2 Å². The first-order chi connectivity index (χ1) is 11.6. The fourth-order valence-electron chi connectivity index (χ4n) is 2.39. The lowest BCUT2D eigenvalue weighted by Crippen LogP contribution is -2.23. The third-order valence-corrected chi connectivity index (χ3v) is 5.22. The summed E-state index contributed by atoms with van der Waals surface area (Å²) in [4.78, 5) is 13.3. The summed E-state index contributed by atoms with van der Waals surface area (Å²) < 4.78 is 2.10. The van der Waals surface area contributed by atoms with Crippen LogP contribution in [0.15, 0.2) is 53.3 Å². The van der Waals surface area contributed by atoms with Crippen LogP contribution >= 0.6 is 34.5 Å². The Morgan fingerprint density at radius 2 is 1.79 bits per heavy atom. The van der Waals surface area contributed by atoms with Gasteiger partial charge in [0, 0.05) is 5.56 Å². The topological polar surface area (TPSA) is 47.3 Å². The van der Waals surface area contributed by atoms with Crippen molar-refractivity contribution in [2.24, 2.45) is 0 Å². The van der Waals surface area contributed by atoms with E-state index in [0.717, 1.165) is 11.1 Å². The molecule has 0 spiro atoms. The van der Waals surface area contributed by atoms with Gasteiger partial charge < -0.3 is 0 Å². The van der Waals surface area contributed by atoms with Crippen molar-refractivity contribution in [2.45, 2.75) is 0 Å². The first-order valence-electron chi connectivity index (χ1n) is 7.03. The molecule has 0 N–H and O–H groups in total. The van der Waals surface area contributed by atoms with E-state index in [9.17, 15) is 4.79 Å². The van der Waals surface area contributed by atoms with E-state index in [4.69, 9.17) is 23.2 Å². The van der Waals surface area contributed by atoms with Crippen molar-refractivity contribution >= 4 is 45.6 Å². The van der Waals surface area contributed by atoms with Gasteiger partial charge in [-0.05, 0) is 23.8 Å². The van der Waals surface area contributed by atoms with Crippen LogP contribution in [0.2, 0.25) is 10.0 Å². The molecule has 118 valence electrons. The number of aromatic nitrogens is 3. The molecule has 2 heterocycles. The molecule has 4 nitrogen and oxygen atoms in total. The van der Waals surface area contributed by atoms with Crippen LogP contribution in [0.25, 0.3) is 22.4 Å². The Kier molecular flexibility index (Phi) is 3.84. The van der Waals surface area contributed by atoms with Gasteiger partial charge in [-0.25, -0.2) is 4.40 Å². The zero-order valence-electron chi connectivity index (χ0n) is 12.1. The van der Waals surface area contributed by atoms with Gasteiger partial charge in [0.05, 0.1) is 14.6 Å². The third-order valence-electron chi connectivity index (χ3n) is 3.52. The number of halogens is 2. The van der Waals surface area contributed by atoms with E-state index in [1.54, 1.807) is 18.2 Å². The number of nitrogens with zero attached hydrogens (tertiary/aromatic N) is 3. The first kappa shape index (κ1) is 15.3. The van der Waals surface area contributed by atoms with E-state index in [1.165, 1.54) is 15.7 Å².